The summed E-state index contributed by atoms with van der Waals surface area (Å²) in [6.45, 7) is 8.74. The SMILES string of the molecule is CCn1nc(C)c2[nH]c(=S)n(C3CN4CCC3CC4)c21. The third-order valence-corrected chi connectivity index (χ3v) is 5.33. The van der Waals surface area contributed by atoms with Gasteiger partial charge in [-0.1, -0.05) is 0 Å². The van der Waals surface area contributed by atoms with Gasteiger partial charge in [0.05, 0.1) is 11.7 Å². The fourth-order valence-electron chi connectivity index (χ4n) is 3.98. The fourth-order valence-corrected chi connectivity index (χ4v) is 4.30. The van der Waals surface area contributed by atoms with Gasteiger partial charge in [0.25, 0.3) is 0 Å². The molecule has 0 saturated carbocycles. The summed E-state index contributed by atoms with van der Waals surface area (Å²) in [7, 11) is 0. The molecule has 5 rings (SSSR count). The number of aryl methyl sites for hydroxylation is 2. The first kappa shape index (κ1) is 12.6. The van der Waals surface area contributed by atoms with Crippen LogP contribution in [0, 0.1) is 17.6 Å². The molecule has 2 bridgehead atoms. The van der Waals surface area contributed by atoms with Crippen LogP contribution in [0.25, 0.3) is 11.2 Å². The van der Waals surface area contributed by atoms with Crippen LogP contribution in [0.4, 0.5) is 0 Å². The Morgan fingerprint density at radius 1 is 1.35 bits per heavy atom. The standard InChI is InChI=1S/C14H21N5S/c1-3-18-13-12(9(2)16-18)15-14(20)19(13)11-8-17-6-4-10(11)5-7-17/h10-11H,3-8H2,1-2H3,(H,15,20). The fraction of sp³-hybridized carbons (Fsp3) is 0.714. The van der Waals surface area contributed by atoms with E-state index in [0.717, 1.165) is 35.0 Å². The van der Waals surface area contributed by atoms with Gasteiger partial charge in [-0.2, -0.15) is 5.10 Å². The van der Waals surface area contributed by atoms with E-state index < -0.39 is 0 Å². The van der Waals surface area contributed by atoms with Gasteiger partial charge in [0.1, 0.15) is 5.52 Å². The van der Waals surface area contributed by atoms with Crippen molar-refractivity contribution in [2.75, 3.05) is 19.6 Å². The Morgan fingerprint density at radius 2 is 2.10 bits per heavy atom. The van der Waals surface area contributed by atoms with Crippen LogP contribution in [0.2, 0.25) is 0 Å². The predicted molar refractivity (Wildman–Crippen MR) is 81.5 cm³/mol. The van der Waals surface area contributed by atoms with Crippen LogP contribution < -0.4 is 0 Å². The van der Waals surface area contributed by atoms with Gasteiger partial charge >= 0.3 is 0 Å². The molecule has 0 spiro atoms. The quantitative estimate of drug-likeness (QED) is 0.864. The highest BCUT2D eigenvalue weighted by Gasteiger charge is 2.36. The minimum atomic E-state index is 0.514. The Labute approximate surface area is 123 Å². The van der Waals surface area contributed by atoms with Gasteiger partial charge in [0, 0.05) is 13.1 Å². The van der Waals surface area contributed by atoms with Gasteiger partial charge in [-0.25, -0.2) is 4.68 Å². The summed E-state index contributed by atoms with van der Waals surface area (Å²) in [4.78, 5) is 5.96. The number of hydrogen-bond acceptors (Lipinski definition) is 3. The van der Waals surface area contributed by atoms with Crippen molar-refractivity contribution in [1.82, 2.24) is 24.2 Å². The molecule has 2 aromatic rings. The maximum absolute atomic E-state index is 5.62. The van der Waals surface area contributed by atoms with E-state index in [1.54, 1.807) is 0 Å². The molecule has 0 radical (unpaired) electrons. The summed E-state index contributed by atoms with van der Waals surface area (Å²) in [5.74, 6) is 0.770. The second-order valence-electron chi connectivity index (χ2n) is 6.11. The van der Waals surface area contributed by atoms with Crippen LogP contribution in [0.1, 0.15) is 31.5 Å². The van der Waals surface area contributed by atoms with Crippen molar-refractivity contribution in [3.05, 3.63) is 10.5 Å². The van der Waals surface area contributed by atoms with Crippen LogP contribution in [0.15, 0.2) is 0 Å². The van der Waals surface area contributed by atoms with Crippen LogP contribution in [0.3, 0.4) is 0 Å². The van der Waals surface area contributed by atoms with Crippen LogP contribution in [-0.2, 0) is 6.54 Å². The van der Waals surface area contributed by atoms with Crippen LogP contribution in [0.5, 0.6) is 0 Å². The normalized spacial score (nSPS) is 29.4. The van der Waals surface area contributed by atoms with E-state index in [2.05, 4.69) is 38.1 Å². The van der Waals surface area contributed by atoms with Crippen LogP contribution in [-0.4, -0.2) is 43.9 Å². The average molecular weight is 291 g/mol. The van der Waals surface area contributed by atoms with Crippen molar-refractivity contribution in [2.45, 2.75) is 39.3 Å². The number of aromatic nitrogens is 4. The number of H-pyrrole nitrogens is 1. The second kappa shape index (κ2) is 4.43. The number of nitrogens with zero attached hydrogens (tertiary/aromatic N) is 4. The van der Waals surface area contributed by atoms with Crippen molar-refractivity contribution < 1.29 is 0 Å². The molecule has 3 fully saturated rings. The summed E-state index contributed by atoms with van der Waals surface area (Å²) in [5.41, 5.74) is 3.36. The molecule has 3 aliphatic rings. The molecular weight excluding hydrogens is 270 g/mol. The Balaban J connectivity index is 1.91. The molecule has 0 amide bonds. The highest BCUT2D eigenvalue weighted by atomic mass is 32.1. The maximum atomic E-state index is 5.62. The Bertz CT molecular complexity index is 701. The van der Waals surface area contributed by atoms with E-state index in [0.29, 0.717) is 6.04 Å². The Kier molecular flexibility index (Phi) is 2.79. The smallest absolute Gasteiger partial charge is 0.179 e. The van der Waals surface area contributed by atoms with Crippen molar-refractivity contribution in [3.8, 4) is 0 Å². The molecule has 3 saturated heterocycles. The molecule has 20 heavy (non-hydrogen) atoms. The number of imidazole rings is 1. The third-order valence-electron chi connectivity index (χ3n) is 5.03. The number of rotatable bonds is 2. The molecular formula is C14H21N5S. The number of hydrogen-bond donors (Lipinski definition) is 1. The Hall–Kier alpha value is -1.14. The minimum absolute atomic E-state index is 0.514. The van der Waals surface area contributed by atoms with Gasteiger partial charge < -0.3 is 9.88 Å². The lowest BCUT2D eigenvalue weighted by atomic mass is 9.84. The molecule has 5 heterocycles. The highest BCUT2D eigenvalue weighted by molar-refractivity contribution is 7.71. The van der Waals surface area contributed by atoms with E-state index in [1.165, 1.54) is 31.6 Å². The van der Waals surface area contributed by atoms with E-state index in [4.69, 9.17) is 12.2 Å². The van der Waals surface area contributed by atoms with Crippen molar-refractivity contribution in [1.29, 1.82) is 0 Å². The largest absolute Gasteiger partial charge is 0.328 e. The minimum Gasteiger partial charge on any atom is -0.328 e. The number of fused-ring (bicyclic) bond motifs is 4. The second-order valence-corrected chi connectivity index (χ2v) is 6.49. The lowest BCUT2D eigenvalue weighted by molar-refractivity contribution is 0.0577. The number of nitrogens with one attached hydrogen (secondary N) is 1. The van der Waals surface area contributed by atoms with Crippen molar-refractivity contribution >= 4 is 23.4 Å². The first-order valence-corrected chi connectivity index (χ1v) is 8.00. The third kappa shape index (κ3) is 1.64. The summed E-state index contributed by atoms with van der Waals surface area (Å²) in [6, 6.07) is 0.514. The molecule has 0 aliphatic carbocycles. The monoisotopic (exact) mass is 291 g/mol. The molecule has 3 aliphatic heterocycles. The van der Waals surface area contributed by atoms with Gasteiger partial charge in [0.15, 0.2) is 10.4 Å². The van der Waals surface area contributed by atoms with Crippen LogP contribution >= 0.6 is 12.2 Å². The van der Waals surface area contributed by atoms with E-state index in [1.807, 2.05) is 0 Å². The van der Waals surface area contributed by atoms with Gasteiger partial charge in [-0.05, 0) is 57.9 Å². The van der Waals surface area contributed by atoms with Crippen molar-refractivity contribution in [3.63, 3.8) is 0 Å². The zero-order valence-corrected chi connectivity index (χ0v) is 12.9. The lowest BCUT2D eigenvalue weighted by Crippen LogP contribution is -2.48. The van der Waals surface area contributed by atoms with Crippen molar-refractivity contribution in [2.24, 2.45) is 5.92 Å². The van der Waals surface area contributed by atoms with E-state index in [-0.39, 0.29) is 0 Å². The zero-order chi connectivity index (χ0) is 13.9. The van der Waals surface area contributed by atoms with E-state index >= 15 is 0 Å². The maximum Gasteiger partial charge on any atom is 0.179 e. The molecule has 5 nitrogen and oxygen atoms in total. The first-order chi connectivity index (χ1) is 9.69. The summed E-state index contributed by atoms with van der Waals surface area (Å²) < 4.78 is 5.31. The summed E-state index contributed by atoms with van der Waals surface area (Å²) in [6.07, 6.45) is 2.61. The highest BCUT2D eigenvalue weighted by Crippen LogP contribution is 2.37. The van der Waals surface area contributed by atoms with Gasteiger partial charge in [-0.3, -0.25) is 4.57 Å². The topological polar surface area (TPSA) is 41.8 Å². The first-order valence-electron chi connectivity index (χ1n) is 7.59. The predicted octanol–water partition coefficient (Wildman–Crippen LogP) is 2.49. The number of piperidine rings is 3. The molecule has 1 atom stereocenters. The molecule has 0 aromatic carbocycles. The molecule has 1 N–H and O–H groups in total. The Morgan fingerprint density at radius 3 is 2.70 bits per heavy atom. The zero-order valence-electron chi connectivity index (χ0n) is 12.1. The average Bonchev–Trinajstić information content (AvgIpc) is 2.97. The van der Waals surface area contributed by atoms with E-state index in [9.17, 15) is 0 Å². The molecule has 6 heteroatoms. The summed E-state index contributed by atoms with van der Waals surface area (Å²) in [5, 5.41) is 4.63. The number of aromatic amines is 1. The lowest BCUT2D eigenvalue weighted by Gasteiger charge is -2.45. The molecule has 1 unspecified atom stereocenters. The van der Waals surface area contributed by atoms with Gasteiger partial charge in [0.2, 0.25) is 0 Å². The molecule has 2 aromatic heterocycles. The molecule has 108 valence electrons. The summed E-state index contributed by atoms with van der Waals surface area (Å²) >= 11 is 5.62. The van der Waals surface area contributed by atoms with Gasteiger partial charge in [-0.15, -0.1) is 0 Å².